The van der Waals surface area contributed by atoms with Crippen LogP contribution in [0.4, 0.5) is 10.5 Å². The lowest BCUT2D eigenvalue weighted by atomic mass is 9.83. The zero-order chi connectivity index (χ0) is 35.7. The van der Waals surface area contributed by atoms with Crippen molar-refractivity contribution in [1.29, 1.82) is 0 Å². The van der Waals surface area contributed by atoms with E-state index in [1.807, 2.05) is 32.1 Å². The number of rotatable bonds is 5. The lowest BCUT2D eigenvalue weighted by Crippen LogP contribution is -2.63. The normalized spacial score (nSPS) is 34.7. The molecule has 48 heavy (non-hydrogen) atoms. The average molecular weight is 694 g/mol. The van der Waals surface area contributed by atoms with Gasteiger partial charge in [-0.3, -0.25) is 10.1 Å². The largest absolute Gasteiger partial charge is 0.495 e. The second kappa shape index (κ2) is 14.6. The van der Waals surface area contributed by atoms with Gasteiger partial charge in [-0.2, -0.15) is 0 Å². The molecule has 0 saturated carbocycles. The summed E-state index contributed by atoms with van der Waals surface area (Å²) in [6.07, 6.45) is 0.273. The van der Waals surface area contributed by atoms with Crippen LogP contribution in [-0.4, -0.2) is 109 Å². The number of carbonyl (C=O) groups excluding carboxylic acids is 3. The molecule has 2 saturated heterocycles. The molecule has 2 fully saturated rings. The summed E-state index contributed by atoms with van der Waals surface area (Å²) in [6, 6.07) is 2.75. The number of esters is 1. The van der Waals surface area contributed by atoms with Gasteiger partial charge in [-0.1, -0.05) is 42.3 Å². The number of methoxy groups -OCH3 is 2. The summed E-state index contributed by atoms with van der Waals surface area (Å²) in [5.74, 6) is -1.08. The smallest absolute Gasteiger partial charge is 0.409 e. The van der Waals surface area contributed by atoms with Crippen molar-refractivity contribution in [2.24, 2.45) is 5.92 Å². The fourth-order valence-electron chi connectivity index (χ4n) is 6.41. The number of anilines is 1. The lowest BCUT2D eigenvalue weighted by molar-refractivity contribution is -0.162. The molecule has 9 atom stereocenters. The van der Waals surface area contributed by atoms with E-state index >= 15 is 0 Å². The highest BCUT2D eigenvalue weighted by Gasteiger charge is 2.64. The first-order valence-electron chi connectivity index (χ1n) is 15.9. The highest BCUT2D eigenvalue weighted by molar-refractivity contribution is 6.34. The number of epoxide rings is 1. The van der Waals surface area contributed by atoms with Crippen molar-refractivity contribution < 1.29 is 48.3 Å². The number of hydrogen-bond acceptors (Lipinski definition) is 11. The van der Waals surface area contributed by atoms with E-state index in [-0.39, 0.29) is 18.7 Å². The van der Waals surface area contributed by atoms with E-state index < -0.39 is 66.0 Å². The number of aliphatic hydroxyl groups excluding tert-OH is 1. The van der Waals surface area contributed by atoms with E-state index in [9.17, 15) is 24.6 Å². The summed E-state index contributed by atoms with van der Waals surface area (Å²) in [7, 11) is 6.11. The Labute approximate surface area is 286 Å². The number of aliphatic hydroxyl groups is 2. The van der Waals surface area contributed by atoms with Crippen LogP contribution in [0, 0.1) is 5.92 Å². The van der Waals surface area contributed by atoms with Gasteiger partial charge in [0, 0.05) is 46.9 Å². The van der Waals surface area contributed by atoms with Crippen molar-refractivity contribution in [2.45, 2.75) is 102 Å². The van der Waals surface area contributed by atoms with Gasteiger partial charge in [-0.25, -0.2) is 9.59 Å². The van der Waals surface area contributed by atoms with E-state index in [2.05, 4.69) is 5.32 Å². The Morgan fingerprint density at radius 1 is 1.27 bits per heavy atom. The second-order valence-electron chi connectivity index (χ2n) is 13.2. The standard InChI is InChI=1S/C34H48ClN3O10/c1-18-11-10-12-26(45-9)34(43)17-25(46-32(42)36-34)19(2)30-33(5,48-30)27(47-31(41)20(3)37(6)21(4)39)16-28(40)38(7)23-14-22(13-18)15-24(44-8)29(23)35/h10-12,14-15,19-20,25-28,30,40,43H,13,16-17H2,1-9H3,(H,36,42)/b12-10+,18-11+/t19-,20+,25+,26-,27+,28?,30+,33-,34+/m1/s1. The minimum Gasteiger partial charge on any atom is -0.495 e. The maximum atomic E-state index is 13.4. The van der Waals surface area contributed by atoms with Crippen molar-refractivity contribution >= 4 is 35.3 Å². The summed E-state index contributed by atoms with van der Waals surface area (Å²) < 4.78 is 29.1. The Bertz CT molecular complexity index is 1450. The fourth-order valence-corrected chi connectivity index (χ4v) is 6.73. The van der Waals surface area contributed by atoms with Crippen molar-refractivity contribution in [3.63, 3.8) is 0 Å². The molecule has 3 aliphatic heterocycles. The minimum atomic E-state index is -1.80. The molecule has 13 nitrogen and oxygen atoms in total. The van der Waals surface area contributed by atoms with Gasteiger partial charge >= 0.3 is 12.1 Å². The van der Waals surface area contributed by atoms with Crippen molar-refractivity contribution in [3.8, 4) is 5.75 Å². The maximum absolute atomic E-state index is 13.4. The van der Waals surface area contributed by atoms with E-state index in [0.717, 1.165) is 11.1 Å². The van der Waals surface area contributed by atoms with Crippen molar-refractivity contribution in [3.05, 3.63) is 46.5 Å². The molecule has 1 aromatic rings. The van der Waals surface area contributed by atoms with Crippen LogP contribution in [0.15, 0.2) is 35.9 Å². The first kappa shape index (κ1) is 37.5. The number of ether oxygens (including phenoxy) is 5. The molecule has 0 aromatic heterocycles. The Balaban J connectivity index is 1.79. The Morgan fingerprint density at radius 2 is 1.96 bits per heavy atom. The van der Waals surface area contributed by atoms with E-state index in [4.69, 9.17) is 35.3 Å². The number of benzene rings is 1. The molecule has 3 N–H and O–H groups in total. The summed E-state index contributed by atoms with van der Waals surface area (Å²) in [4.78, 5) is 41.0. The van der Waals surface area contributed by atoms with Crippen LogP contribution in [0.5, 0.6) is 5.75 Å². The molecule has 1 unspecified atom stereocenters. The molecule has 14 heteroatoms. The molecule has 3 heterocycles. The predicted molar refractivity (Wildman–Crippen MR) is 178 cm³/mol. The third-order valence-electron chi connectivity index (χ3n) is 9.78. The Hall–Kier alpha value is -3.36. The number of nitrogens with one attached hydrogen (secondary N) is 1. The Morgan fingerprint density at radius 3 is 2.58 bits per heavy atom. The van der Waals surface area contributed by atoms with E-state index in [1.165, 1.54) is 33.1 Å². The first-order valence-corrected chi connectivity index (χ1v) is 16.3. The van der Waals surface area contributed by atoms with Crippen LogP contribution in [0.1, 0.15) is 53.0 Å². The number of likely N-dealkylation sites (N-methyl/N-ethyl adjacent to an activating group) is 1. The quantitative estimate of drug-likeness (QED) is 0.307. The maximum Gasteiger partial charge on any atom is 0.409 e. The lowest BCUT2D eigenvalue weighted by Gasteiger charge is -2.42. The molecular formula is C34H48ClN3O10. The highest BCUT2D eigenvalue weighted by atomic mass is 35.5. The molecule has 3 aliphatic rings. The molecule has 1 aromatic carbocycles. The molecular weight excluding hydrogens is 646 g/mol. The summed E-state index contributed by atoms with van der Waals surface area (Å²) in [5, 5.41) is 26.1. The predicted octanol–water partition coefficient (Wildman–Crippen LogP) is 3.33. The molecule has 0 radical (unpaired) electrons. The van der Waals surface area contributed by atoms with Gasteiger partial charge in [-0.05, 0) is 44.9 Å². The Kier molecular flexibility index (Phi) is 11.4. The molecule has 4 bridgehead atoms. The van der Waals surface area contributed by atoms with Gasteiger partial charge in [0.1, 0.15) is 47.0 Å². The van der Waals surface area contributed by atoms with Crippen LogP contribution in [0.25, 0.3) is 0 Å². The topological polar surface area (TPSA) is 160 Å². The van der Waals surface area contributed by atoms with Crippen molar-refractivity contribution in [2.75, 3.05) is 33.2 Å². The number of carbonyl (C=O) groups is 3. The minimum absolute atomic E-state index is 0.0260. The number of hydrogen-bond donors (Lipinski definition) is 3. The van der Waals surface area contributed by atoms with Gasteiger partial charge in [0.2, 0.25) is 5.91 Å². The highest BCUT2D eigenvalue weighted by Crippen LogP contribution is 2.49. The van der Waals surface area contributed by atoms with Gasteiger partial charge in [0.05, 0.1) is 18.9 Å². The number of amides is 2. The molecule has 0 aliphatic carbocycles. The van der Waals surface area contributed by atoms with Gasteiger partial charge in [0.15, 0.2) is 5.72 Å². The van der Waals surface area contributed by atoms with Crippen molar-refractivity contribution in [1.82, 2.24) is 10.2 Å². The van der Waals surface area contributed by atoms with Crippen LogP contribution < -0.4 is 15.0 Å². The zero-order valence-electron chi connectivity index (χ0n) is 29.0. The third-order valence-corrected chi connectivity index (χ3v) is 10.2. The average Bonchev–Trinajstić information content (AvgIpc) is 3.73. The molecule has 0 spiro atoms. The monoisotopic (exact) mass is 693 g/mol. The summed E-state index contributed by atoms with van der Waals surface area (Å²) in [6.45, 7) is 8.40. The number of allylic oxidation sites excluding steroid dienone is 3. The van der Waals surface area contributed by atoms with E-state index in [1.54, 1.807) is 37.9 Å². The molecule has 4 rings (SSSR count). The van der Waals surface area contributed by atoms with Gasteiger partial charge in [0.25, 0.3) is 0 Å². The van der Waals surface area contributed by atoms with Gasteiger partial charge < -0.3 is 43.7 Å². The number of halogens is 1. The number of nitrogens with zero attached hydrogens (tertiary/aromatic N) is 2. The first-order chi connectivity index (χ1) is 22.4. The number of alkyl carbamates (subject to hydrolysis) is 1. The van der Waals surface area contributed by atoms with Crippen LogP contribution in [0.2, 0.25) is 5.02 Å². The second-order valence-corrected chi connectivity index (χ2v) is 13.6. The fraction of sp³-hybridized carbons (Fsp3) is 0.618. The van der Waals surface area contributed by atoms with Crippen LogP contribution in [0.3, 0.4) is 0 Å². The van der Waals surface area contributed by atoms with Crippen LogP contribution >= 0.6 is 11.6 Å². The number of fused-ring (bicyclic) bond motifs is 5. The zero-order valence-corrected chi connectivity index (χ0v) is 29.7. The van der Waals surface area contributed by atoms with E-state index in [0.29, 0.717) is 22.9 Å². The third kappa shape index (κ3) is 7.76. The summed E-state index contributed by atoms with van der Waals surface area (Å²) >= 11 is 6.75. The van der Waals surface area contributed by atoms with Gasteiger partial charge in [-0.15, -0.1) is 0 Å². The summed E-state index contributed by atoms with van der Waals surface area (Å²) in [5.41, 5.74) is -0.633. The molecule has 266 valence electrons. The van der Waals surface area contributed by atoms with Crippen LogP contribution in [-0.2, 0) is 35.0 Å². The SMILES string of the molecule is COc1cc2cc(c1Cl)N(C)C(O)C[C@H](OC(=O)[C@H](C)N(C)C(C)=O)[C@@]1(C)O[C@H]1[C@H](C)[C@@H]1C[C@@](O)(NC(=O)O1)[C@H](OC)/C=C/C=C(\C)C2. The molecule has 2 amide bonds.